The van der Waals surface area contributed by atoms with Crippen LogP contribution in [0.4, 0.5) is 0 Å². The van der Waals surface area contributed by atoms with Crippen LogP contribution in [-0.4, -0.2) is 49.3 Å². The molecule has 0 bridgehead atoms. The lowest BCUT2D eigenvalue weighted by molar-refractivity contribution is -0.161. The quantitative estimate of drug-likeness (QED) is 0.0264. The first-order valence-corrected chi connectivity index (χ1v) is 41.8. The smallest absolute Gasteiger partial charge is 0.462 e. The van der Waals surface area contributed by atoms with Crippen molar-refractivity contribution >= 4 is 19.8 Å². The lowest BCUT2D eigenvalue weighted by Crippen LogP contribution is -2.29. The van der Waals surface area contributed by atoms with Crippen molar-refractivity contribution in [1.82, 2.24) is 0 Å². The molecule has 0 rings (SSSR count). The van der Waals surface area contributed by atoms with Crippen LogP contribution in [0.1, 0.15) is 444 Å². The molecule has 10 heteroatoms. The first-order valence-electron chi connectivity index (χ1n) is 40.3. The summed E-state index contributed by atoms with van der Waals surface area (Å²) in [4.78, 5) is 35.4. The lowest BCUT2D eigenvalue weighted by atomic mass is 10.0. The fraction of sp³-hybridized carbons (Fsp3) is 0.925. The molecule has 0 aliphatic carbocycles. The highest BCUT2D eigenvalue weighted by Gasteiger charge is 2.26. The Morgan fingerprint density at radius 2 is 0.578 bits per heavy atom. The minimum atomic E-state index is -4.39. The van der Waals surface area contributed by atoms with Crippen molar-refractivity contribution in [1.29, 1.82) is 0 Å². The van der Waals surface area contributed by atoms with E-state index < -0.39 is 26.5 Å². The van der Waals surface area contributed by atoms with Crippen LogP contribution in [0.25, 0.3) is 0 Å². The van der Waals surface area contributed by atoms with E-state index in [0.717, 1.165) is 38.5 Å². The lowest BCUT2D eigenvalue weighted by Gasteiger charge is -2.19. The van der Waals surface area contributed by atoms with Crippen LogP contribution < -0.4 is 5.73 Å². The SMILES string of the molecule is CCCCCCC/C=C\C/C=C\CCCCCCCCCCCCCCCCCCCC(=O)OC(COC(=O)CCCCCCCCCCCCCCCCCCCCCCCCCCCCCCCCCCCCCCCCCC)COP(=O)(O)OCCN. The van der Waals surface area contributed by atoms with E-state index in [-0.39, 0.29) is 38.6 Å². The molecule has 0 aliphatic heterocycles. The van der Waals surface area contributed by atoms with Crippen molar-refractivity contribution in [2.75, 3.05) is 26.4 Å². The summed E-state index contributed by atoms with van der Waals surface area (Å²) in [6, 6.07) is 0. The summed E-state index contributed by atoms with van der Waals surface area (Å²) >= 11 is 0. The molecule has 0 aromatic rings. The molecule has 0 amide bonds. The zero-order chi connectivity index (χ0) is 65.1. The molecule has 0 radical (unpaired) electrons. The largest absolute Gasteiger partial charge is 0.472 e. The van der Waals surface area contributed by atoms with Gasteiger partial charge in [-0.3, -0.25) is 18.6 Å². The van der Waals surface area contributed by atoms with Gasteiger partial charge in [0.15, 0.2) is 6.10 Å². The number of hydrogen-bond acceptors (Lipinski definition) is 8. The predicted octanol–water partition coefficient (Wildman–Crippen LogP) is 26.8. The van der Waals surface area contributed by atoms with Gasteiger partial charge in [0.25, 0.3) is 0 Å². The number of phosphoric ester groups is 1. The number of phosphoric acid groups is 1. The molecule has 90 heavy (non-hydrogen) atoms. The Bertz CT molecular complexity index is 1520. The van der Waals surface area contributed by atoms with Gasteiger partial charge < -0.3 is 20.1 Å². The van der Waals surface area contributed by atoms with E-state index in [1.807, 2.05) is 0 Å². The van der Waals surface area contributed by atoms with Crippen molar-refractivity contribution in [3.05, 3.63) is 24.3 Å². The summed E-state index contributed by atoms with van der Waals surface area (Å²) in [5.74, 6) is -0.800. The van der Waals surface area contributed by atoms with Gasteiger partial charge in [-0.25, -0.2) is 4.57 Å². The van der Waals surface area contributed by atoms with Crippen molar-refractivity contribution in [2.45, 2.75) is 450 Å². The molecule has 9 nitrogen and oxygen atoms in total. The summed E-state index contributed by atoms with van der Waals surface area (Å²) in [5, 5.41) is 0. The third-order valence-electron chi connectivity index (χ3n) is 18.6. The Kier molecular flexibility index (Phi) is 75.2. The first-order chi connectivity index (χ1) is 44.3. The van der Waals surface area contributed by atoms with Gasteiger partial charge in [0, 0.05) is 19.4 Å². The summed E-state index contributed by atoms with van der Waals surface area (Å²) in [5.41, 5.74) is 5.41. The second kappa shape index (κ2) is 76.5. The van der Waals surface area contributed by atoms with Gasteiger partial charge in [0.05, 0.1) is 13.2 Å². The van der Waals surface area contributed by atoms with Crippen LogP contribution >= 0.6 is 7.82 Å². The Morgan fingerprint density at radius 1 is 0.333 bits per heavy atom. The Labute approximate surface area is 561 Å². The fourth-order valence-corrected chi connectivity index (χ4v) is 13.4. The van der Waals surface area contributed by atoms with Gasteiger partial charge in [0.2, 0.25) is 0 Å². The Hall–Kier alpha value is -1.51. The van der Waals surface area contributed by atoms with E-state index in [2.05, 4.69) is 38.2 Å². The second-order valence-corrected chi connectivity index (χ2v) is 29.1. The van der Waals surface area contributed by atoms with Crippen LogP contribution in [0.15, 0.2) is 24.3 Å². The van der Waals surface area contributed by atoms with E-state index in [1.165, 1.54) is 372 Å². The van der Waals surface area contributed by atoms with E-state index >= 15 is 0 Å². The van der Waals surface area contributed by atoms with Crippen molar-refractivity contribution in [2.24, 2.45) is 5.73 Å². The van der Waals surface area contributed by atoms with Crippen LogP contribution in [0, 0.1) is 0 Å². The summed E-state index contributed by atoms with van der Waals surface area (Å²) < 4.78 is 33.3. The average molecular weight is 1290 g/mol. The zero-order valence-corrected chi connectivity index (χ0v) is 61.3. The maximum absolute atomic E-state index is 12.8. The molecule has 534 valence electrons. The monoisotopic (exact) mass is 1290 g/mol. The number of carbonyl (C=O) groups excluding carboxylic acids is 2. The highest BCUT2D eigenvalue weighted by atomic mass is 31.2. The van der Waals surface area contributed by atoms with Gasteiger partial charge in [-0.05, 0) is 44.9 Å². The molecule has 0 saturated carbocycles. The fourth-order valence-electron chi connectivity index (χ4n) is 12.6. The minimum absolute atomic E-state index is 0.0569. The Morgan fingerprint density at radius 3 is 0.844 bits per heavy atom. The van der Waals surface area contributed by atoms with Crippen LogP contribution in [0.5, 0.6) is 0 Å². The average Bonchev–Trinajstić information content (AvgIpc) is 3.75. The van der Waals surface area contributed by atoms with E-state index in [9.17, 15) is 19.0 Å². The molecule has 3 N–H and O–H groups in total. The molecule has 0 aliphatic rings. The maximum Gasteiger partial charge on any atom is 0.472 e. The van der Waals surface area contributed by atoms with E-state index in [4.69, 9.17) is 24.3 Å². The number of esters is 2. The predicted molar refractivity (Wildman–Crippen MR) is 391 cm³/mol. The normalized spacial score (nSPS) is 12.9. The van der Waals surface area contributed by atoms with Crippen LogP contribution in [-0.2, 0) is 32.7 Å². The topological polar surface area (TPSA) is 134 Å². The van der Waals surface area contributed by atoms with E-state index in [0.29, 0.717) is 6.42 Å². The summed E-state index contributed by atoms with van der Waals surface area (Å²) in [6.45, 7) is 3.83. The van der Waals surface area contributed by atoms with Gasteiger partial charge in [-0.15, -0.1) is 0 Å². The number of rotatable bonds is 78. The molecule has 0 spiro atoms. The molecular weight excluding hydrogens is 1130 g/mol. The first kappa shape index (κ1) is 88.5. The molecule has 0 aromatic heterocycles. The number of allylic oxidation sites excluding steroid dienone is 4. The summed E-state index contributed by atoms with van der Waals surface area (Å²) in [7, 11) is -4.39. The molecule has 0 aromatic carbocycles. The van der Waals surface area contributed by atoms with Crippen molar-refractivity contribution in [3.8, 4) is 0 Å². The van der Waals surface area contributed by atoms with Crippen LogP contribution in [0.3, 0.4) is 0 Å². The molecule has 0 saturated heterocycles. The highest BCUT2D eigenvalue weighted by Crippen LogP contribution is 2.43. The second-order valence-electron chi connectivity index (χ2n) is 27.7. The van der Waals surface area contributed by atoms with Gasteiger partial charge >= 0.3 is 19.8 Å². The molecule has 0 fully saturated rings. The standard InChI is InChI=1S/C80H156NO8P/c1-3-5-7-9-11-13-15-17-19-21-23-25-27-29-31-33-34-35-36-37-38-39-40-41-42-43-45-46-48-50-52-54-56-58-60-62-64-66-68-70-72-79(82)86-76-78(77-88-90(84,85)87-75-74-81)89-80(83)73-71-69-67-65-63-61-59-57-55-53-51-49-47-44-32-30-28-26-24-22-20-18-16-14-12-10-8-6-4-2/h16,18,22,24,78H,3-15,17,19-21,23,25-77,81H2,1-2H3,(H,84,85)/b18-16-,24-22-. The van der Waals surface area contributed by atoms with Crippen molar-refractivity contribution < 1.29 is 37.6 Å². The summed E-state index contributed by atoms with van der Waals surface area (Å²) in [6.07, 6.45) is 96.2. The number of carbonyl (C=O) groups is 2. The van der Waals surface area contributed by atoms with E-state index in [1.54, 1.807) is 0 Å². The third kappa shape index (κ3) is 75.5. The number of ether oxygens (including phenoxy) is 2. The molecule has 2 unspecified atom stereocenters. The molecule has 2 atom stereocenters. The number of hydrogen-bond donors (Lipinski definition) is 2. The minimum Gasteiger partial charge on any atom is -0.462 e. The zero-order valence-electron chi connectivity index (χ0n) is 60.4. The molecule has 0 heterocycles. The third-order valence-corrected chi connectivity index (χ3v) is 19.6. The van der Waals surface area contributed by atoms with Crippen LogP contribution in [0.2, 0.25) is 0 Å². The number of unbranched alkanes of at least 4 members (excludes halogenated alkanes) is 61. The van der Waals surface area contributed by atoms with Gasteiger partial charge in [-0.1, -0.05) is 411 Å². The Balaban J connectivity index is 3.72. The number of nitrogens with two attached hydrogens (primary N) is 1. The highest BCUT2D eigenvalue weighted by molar-refractivity contribution is 7.47. The molecular formula is C80H156NO8P. The van der Waals surface area contributed by atoms with Crippen molar-refractivity contribution in [3.63, 3.8) is 0 Å². The van der Waals surface area contributed by atoms with Gasteiger partial charge in [-0.2, -0.15) is 0 Å². The van der Waals surface area contributed by atoms with Gasteiger partial charge in [0.1, 0.15) is 6.61 Å². The maximum atomic E-state index is 12.8.